The minimum Gasteiger partial charge on any atom is -0.482 e. The molecular weight excluding hydrogens is 376 g/mol. The maximum Gasteiger partial charge on any atom is 0.326 e. The van der Waals surface area contributed by atoms with Gasteiger partial charge in [0.1, 0.15) is 17.3 Å². The second-order valence-corrected chi connectivity index (χ2v) is 7.02. The number of hydrogen-bond acceptors (Lipinski definition) is 6. The molecular formula is C21H18N2O4S. The van der Waals surface area contributed by atoms with Crippen LogP contribution in [0.5, 0.6) is 5.75 Å². The number of nitrogens with zero attached hydrogens (tertiary/aromatic N) is 2. The molecule has 0 spiro atoms. The van der Waals surface area contributed by atoms with Crippen LogP contribution in [0, 0.1) is 0 Å². The van der Waals surface area contributed by atoms with Gasteiger partial charge < -0.3 is 9.47 Å². The highest BCUT2D eigenvalue weighted by Gasteiger charge is 2.28. The summed E-state index contributed by atoms with van der Waals surface area (Å²) < 4.78 is 10.5. The number of ether oxygens (including phenoxy) is 2. The van der Waals surface area contributed by atoms with E-state index in [-0.39, 0.29) is 25.7 Å². The van der Waals surface area contributed by atoms with E-state index in [1.165, 1.54) is 4.90 Å². The Morgan fingerprint density at radius 1 is 1.21 bits per heavy atom. The largest absolute Gasteiger partial charge is 0.482 e. The zero-order chi connectivity index (χ0) is 19.5. The van der Waals surface area contributed by atoms with Crippen LogP contribution in [0.1, 0.15) is 6.92 Å². The molecule has 0 fully saturated rings. The van der Waals surface area contributed by atoms with Gasteiger partial charge in [0, 0.05) is 16.5 Å². The van der Waals surface area contributed by atoms with Crippen LogP contribution < -0.4 is 9.64 Å². The smallest absolute Gasteiger partial charge is 0.326 e. The monoisotopic (exact) mass is 394 g/mol. The predicted molar refractivity (Wildman–Crippen MR) is 107 cm³/mol. The van der Waals surface area contributed by atoms with E-state index < -0.39 is 5.97 Å². The number of esters is 1. The third kappa shape index (κ3) is 3.61. The molecule has 1 aromatic heterocycles. The van der Waals surface area contributed by atoms with Crippen molar-refractivity contribution in [1.82, 2.24) is 4.98 Å². The standard InChI is InChI=1S/C21H18N2O4S/c1-2-26-20(25)11-23-17-10-15(8-9-18(17)27-12-19(23)24)16-13-28-21(22-16)14-6-4-3-5-7-14/h3-10,13H,2,11-12H2,1H3. The van der Waals surface area contributed by atoms with E-state index in [0.29, 0.717) is 11.4 Å². The van der Waals surface area contributed by atoms with Gasteiger partial charge in [-0.15, -0.1) is 11.3 Å². The van der Waals surface area contributed by atoms with Gasteiger partial charge in [0.2, 0.25) is 0 Å². The van der Waals surface area contributed by atoms with E-state index in [9.17, 15) is 9.59 Å². The second-order valence-electron chi connectivity index (χ2n) is 6.16. The first-order valence-corrected chi connectivity index (χ1v) is 9.78. The number of hydrogen-bond donors (Lipinski definition) is 0. The third-order valence-electron chi connectivity index (χ3n) is 4.32. The fraction of sp³-hybridized carbons (Fsp3) is 0.190. The molecule has 28 heavy (non-hydrogen) atoms. The lowest BCUT2D eigenvalue weighted by molar-refractivity contribution is -0.142. The van der Waals surface area contributed by atoms with Crippen LogP contribution in [-0.4, -0.2) is 36.6 Å². The minimum atomic E-state index is -0.450. The number of amides is 1. The summed E-state index contributed by atoms with van der Waals surface area (Å²) in [4.78, 5) is 30.4. The van der Waals surface area contributed by atoms with Crippen LogP contribution in [0.3, 0.4) is 0 Å². The van der Waals surface area contributed by atoms with Crippen molar-refractivity contribution in [2.75, 3.05) is 24.7 Å². The van der Waals surface area contributed by atoms with Crippen molar-refractivity contribution < 1.29 is 19.1 Å². The molecule has 7 heteroatoms. The first-order valence-electron chi connectivity index (χ1n) is 8.90. The van der Waals surface area contributed by atoms with Gasteiger partial charge in [0.25, 0.3) is 5.91 Å². The number of benzene rings is 2. The Morgan fingerprint density at radius 3 is 2.82 bits per heavy atom. The molecule has 1 amide bonds. The van der Waals surface area contributed by atoms with Crippen molar-refractivity contribution in [2.45, 2.75) is 6.92 Å². The maximum absolute atomic E-state index is 12.3. The lowest BCUT2D eigenvalue weighted by Gasteiger charge is -2.28. The van der Waals surface area contributed by atoms with Crippen molar-refractivity contribution in [3.05, 3.63) is 53.9 Å². The molecule has 0 saturated carbocycles. The van der Waals surface area contributed by atoms with Crippen LogP contribution in [0.25, 0.3) is 21.8 Å². The van der Waals surface area contributed by atoms with Gasteiger partial charge in [0.15, 0.2) is 6.61 Å². The highest BCUT2D eigenvalue weighted by molar-refractivity contribution is 7.13. The summed E-state index contributed by atoms with van der Waals surface area (Å²) in [6.07, 6.45) is 0. The van der Waals surface area contributed by atoms with Gasteiger partial charge in [-0.3, -0.25) is 14.5 Å². The highest BCUT2D eigenvalue weighted by atomic mass is 32.1. The average Bonchev–Trinajstić information content (AvgIpc) is 3.21. The van der Waals surface area contributed by atoms with E-state index >= 15 is 0 Å². The van der Waals surface area contributed by atoms with Crippen LogP contribution in [0.2, 0.25) is 0 Å². The first kappa shape index (κ1) is 18.2. The number of fused-ring (bicyclic) bond motifs is 1. The normalized spacial score (nSPS) is 13.0. The number of aromatic nitrogens is 1. The van der Waals surface area contributed by atoms with Crippen LogP contribution in [0.15, 0.2) is 53.9 Å². The fourth-order valence-corrected chi connectivity index (χ4v) is 3.83. The Balaban J connectivity index is 1.66. The van der Waals surface area contributed by atoms with E-state index in [2.05, 4.69) is 0 Å². The molecule has 0 aliphatic carbocycles. The molecule has 0 radical (unpaired) electrons. The number of carbonyl (C=O) groups excluding carboxylic acids is 2. The number of carbonyl (C=O) groups is 2. The molecule has 6 nitrogen and oxygen atoms in total. The van der Waals surface area contributed by atoms with Crippen molar-refractivity contribution in [3.63, 3.8) is 0 Å². The Hall–Kier alpha value is -3.19. The van der Waals surface area contributed by atoms with Gasteiger partial charge in [-0.25, -0.2) is 4.98 Å². The van der Waals surface area contributed by atoms with E-state index in [4.69, 9.17) is 14.5 Å². The van der Waals surface area contributed by atoms with Crippen LogP contribution in [0.4, 0.5) is 5.69 Å². The summed E-state index contributed by atoms with van der Waals surface area (Å²) in [5.41, 5.74) is 3.26. The van der Waals surface area contributed by atoms with Crippen molar-refractivity contribution in [2.24, 2.45) is 0 Å². The highest BCUT2D eigenvalue weighted by Crippen LogP contribution is 2.37. The van der Waals surface area contributed by atoms with Crippen molar-refractivity contribution in [3.8, 4) is 27.6 Å². The molecule has 2 aromatic carbocycles. The molecule has 1 aliphatic rings. The van der Waals surface area contributed by atoms with Crippen LogP contribution >= 0.6 is 11.3 Å². The molecule has 2 heterocycles. The third-order valence-corrected chi connectivity index (χ3v) is 5.21. The number of rotatable bonds is 5. The van der Waals surface area contributed by atoms with Crippen LogP contribution in [-0.2, 0) is 14.3 Å². The van der Waals surface area contributed by atoms with Gasteiger partial charge in [-0.05, 0) is 25.1 Å². The average molecular weight is 394 g/mol. The fourth-order valence-electron chi connectivity index (χ4n) is 2.99. The maximum atomic E-state index is 12.3. The molecule has 0 N–H and O–H groups in total. The summed E-state index contributed by atoms with van der Waals surface area (Å²) in [6, 6.07) is 15.5. The van der Waals surface area contributed by atoms with E-state index in [1.807, 2.05) is 47.8 Å². The minimum absolute atomic E-state index is 0.0966. The van der Waals surface area contributed by atoms with E-state index in [1.54, 1.807) is 24.3 Å². The number of anilines is 1. The van der Waals surface area contributed by atoms with Gasteiger partial charge >= 0.3 is 5.97 Å². The lowest BCUT2D eigenvalue weighted by atomic mass is 10.1. The summed E-state index contributed by atoms with van der Waals surface area (Å²) in [7, 11) is 0. The quantitative estimate of drug-likeness (QED) is 0.616. The summed E-state index contributed by atoms with van der Waals surface area (Å²) in [5, 5.41) is 2.90. The molecule has 0 atom stereocenters. The Bertz CT molecular complexity index is 1020. The van der Waals surface area contributed by atoms with Gasteiger partial charge in [-0.1, -0.05) is 30.3 Å². The van der Waals surface area contributed by atoms with E-state index in [0.717, 1.165) is 21.8 Å². The van der Waals surface area contributed by atoms with Gasteiger partial charge in [0.05, 0.1) is 18.0 Å². The Kier molecular flexibility index (Phi) is 5.08. The molecule has 0 saturated heterocycles. The summed E-state index contributed by atoms with van der Waals surface area (Å²) in [5.74, 6) is -0.166. The molecule has 0 bridgehead atoms. The predicted octanol–water partition coefficient (Wildman–Crippen LogP) is 3.77. The Morgan fingerprint density at radius 2 is 2.04 bits per heavy atom. The lowest BCUT2D eigenvalue weighted by Crippen LogP contribution is -2.42. The van der Waals surface area contributed by atoms with Crippen molar-refractivity contribution >= 4 is 28.9 Å². The SMILES string of the molecule is CCOC(=O)CN1C(=O)COc2ccc(-c3csc(-c4ccccc4)n3)cc21. The molecule has 0 unspecified atom stereocenters. The molecule has 1 aliphatic heterocycles. The Labute approximate surface area is 166 Å². The topological polar surface area (TPSA) is 68.7 Å². The number of thiazole rings is 1. The molecule has 3 aromatic rings. The zero-order valence-electron chi connectivity index (χ0n) is 15.3. The molecule has 4 rings (SSSR count). The summed E-state index contributed by atoms with van der Waals surface area (Å²) >= 11 is 1.56. The van der Waals surface area contributed by atoms with Crippen molar-refractivity contribution in [1.29, 1.82) is 0 Å². The zero-order valence-corrected chi connectivity index (χ0v) is 16.1. The first-order chi connectivity index (χ1) is 13.7. The van der Waals surface area contributed by atoms with Gasteiger partial charge in [-0.2, -0.15) is 0 Å². The second kappa shape index (κ2) is 7.82. The summed E-state index contributed by atoms with van der Waals surface area (Å²) in [6.45, 7) is 1.77. The molecule has 142 valence electrons.